The van der Waals surface area contributed by atoms with Crippen molar-refractivity contribution in [3.63, 3.8) is 0 Å². The Morgan fingerprint density at radius 2 is 2.19 bits per heavy atom. The van der Waals surface area contributed by atoms with Crippen molar-refractivity contribution in [2.24, 2.45) is 0 Å². The lowest BCUT2D eigenvalue weighted by molar-refractivity contribution is 0.112. The van der Waals surface area contributed by atoms with Crippen molar-refractivity contribution in [2.45, 2.75) is 6.42 Å². The zero-order chi connectivity index (χ0) is 11.5. The number of para-hydroxylation sites is 1. The maximum atomic E-state index is 11.4. The van der Waals surface area contributed by atoms with Gasteiger partial charge < -0.3 is 4.42 Å². The first-order valence-corrected chi connectivity index (χ1v) is 4.88. The summed E-state index contributed by atoms with van der Waals surface area (Å²) in [6.07, 6.45) is 2.87. The third kappa shape index (κ3) is 1.67. The number of aldehydes is 1. The van der Waals surface area contributed by atoms with Crippen LogP contribution in [0.5, 0.6) is 0 Å². The summed E-state index contributed by atoms with van der Waals surface area (Å²) in [4.78, 5) is 22.0. The molecule has 1 aromatic heterocycles. The van der Waals surface area contributed by atoms with E-state index in [0.29, 0.717) is 18.3 Å². The van der Waals surface area contributed by atoms with Crippen LogP contribution in [0.3, 0.4) is 0 Å². The summed E-state index contributed by atoms with van der Waals surface area (Å²) in [5.41, 5.74) is 0.863. The highest BCUT2D eigenvalue weighted by Crippen LogP contribution is 2.18. The average Bonchev–Trinajstić information content (AvgIpc) is 2.29. The Labute approximate surface area is 92.0 Å². The average molecular weight is 214 g/mol. The summed E-state index contributed by atoms with van der Waals surface area (Å²) in [7, 11) is 0. The Balaban J connectivity index is 2.79. The summed E-state index contributed by atoms with van der Waals surface area (Å²) in [5, 5.41) is 0.751. The molecular formula is C13H10O3. The van der Waals surface area contributed by atoms with Gasteiger partial charge in [-0.1, -0.05) is 24.3 Å². The molecule has 1 aromatic carbocycles. The number of allylic oxidation sites excluding steroid dienone is 1. The van der Waals surface area contributed by atoms with Gasteiger partial charge in [0, 0.05) is 5.39 Å². The second-order valence-electron chi connectivity index (χ2n) is 3.44. The van der Waals surface area contributed by atoms with Gasteiger partial charge in [-0.05, 0) is 18.1 Å². The largest absolute Gasteiger partial charge is 0.422 e. The maximum Gasteiger partial charge on any atom is 0.346 e. The third-order valence-corrected chi connectivity index (χ3v) is 2.36. The first kappa shape index (κ1) is 10.4. The molecule has 16 heavy (non-hydrogen) atoms. The first-order chi connectivity index (χ1) is 7.76. The van der Waals surface area contributed by atoms with Gasteiger partial charge in [0.05, 0.1) is 0 Å². The smallest absolute Gasteiger partial charge is 0.346 e. The van der Waals surface area contributed by atoms with Gasteiger partial charge >= 0.3 is 5.63 Å². The zero-order valence-corrected chi connectivity index (χ0v) is 8.60. The predicted molar refractivity (Wildman–Crippen MR) is 61.8 cm³/mol. The molecule has 0 N–H and O–H groups in total. The van der Waals surface area contributed by atoms with Gasteiger partial charge in [-0.2, -0.15) is 0 Å². The lowest BCUT2D eigenvalue weighted by atomic mass is 10.1. The maximum absolute atomic E-state index is 11.4. The minimum atomic E-state index is -0.598. The molecule has 0 aliphatic carbocycles. The normalized spacial score (nSPS) is 10.2. The van der Waals surface area contributed by atoms with Crippen molar-refractivity contribution in [1.82, 2.24) is 0 Å². The van der Waals surface area contributed by atoms with E-state index in [-0.39, 0.29) is 5.56 Å². The van der Waals surface area contributed by atoms with Crippen LogP contribution in [0.25, 0.3) is 11.0 Å². The van der Waals surface area contributed by atoms with Crippen LogP contribution in [0.15, 0.2) is 46.1 Å². The van der Waals surface area contributed by atoms with Crippen LogP contribution in [0.1, 0.15) is 15.9 Å². The van der Waals surface area contributed by atoms with E-state index in [1.165, 1.54) is 0 Å². The second kappa shape index (κ2) is 4.14. The van der Waals surface area contributed by atoms with E-state index in [0.717, 1.165) is 10.9 Å². The molecule has 3 heteroatoms. The lowest BCUT2D eigenvalue weighted by Gasteiger charge is -2.02. The van der Waals surface area contributed by atoms with Crippen LogP contribution < -0.4 is 5.63 Å². The van der Waals surface area contributed by atoms with Crippen molar-refractivity contribution in [2.75, 3.05) is 0 Å². The van der Waals surface area contributed by atoms with Gasteiger partial charge in [-0.15, -0.1) is 6.58 Å². The summed E-state index contributed by atoms with van der Waals surface area (Å²) in [6, 6.07) is 7.07. The van der Waals surface area contributed by atoms with Crippen molar-refractivity contribution >= 4 is 17.3 Å². The van der Waals surface area contributed by atoms with E-state index in [1.807, 2.05) is 12.1 Å². The first-order valence-electron chi connectivity index (χ1n) is 4.88. The number of carbonyl (C=O) groups is 1. The number of benzene rings is 1. The van der Waals surface area contributed by atoms with E-state index >= 15 is 0 Å². The molecule has 0 aliphatic rings. The fourth-order valence-electron chi connectivity index (χ4n) is 1.62. The minimum Gasteiger partial charge on any atom is -0.422 e. The molecule has 0 amide bonds. The highest BCUT2D eigenvalue weighted by Gasteiger charge is 2.06. The molecular weight excluding hydrogens is 204 g/mol. The monoisotopic (exact) mass is 214 g/mol. The Kier molecular flexibility index (Phi) is 2.68. The quantitative estimate of drug-likeness (QED) is 0.447. The molecule has 0 fully saturated rings. The minimum absolute atomic E-state index is 0.0447. The molecule has 0 aliphatic heterocycles. The number of fused-ring (bicyclic) bond motifs is 1. The van der Waals surface area contributed by atoms with E-state index in [4.69, 9.17) is 4.42 Å². The van der Waals surface area contributed by atoms with Crippen molar-refractivity contribution < 1.29 is 9.21 Å². The van der Waals surface area contributed by atoms with Crippen molar-refractivity contribution in [3.8, 4) is 0 Å². The molecule has 0 radical (unpaired) electrons. The summed E-state index contributed by atoms with van der Waals surface area (Å²) >= 11 is 0. The molecule has 80 valence electrons. The Morgan fingerprint density at radius 3 is 2.88 bits per heavy atom. The molecule has 0 atom stereocenters. The summed E-state index contributed by atoms with van der Waals surface area (Å²) in [6.45, 7) is 3.64. The fourth-order valence-corrected chi connectivity index (χ4v) is 1.62. The summed E-state index contributed by atoms with van der Waals surface area (Å²) < 4.78 is 5.13. The topological polar surface area (TPSA) is 47.3 Å². The van der Waals surface area contributed by atoms with Gasteiger partial charge in [0.25, 0.3) is 0 Å². The second-order valence-corrected chi connectivity index (χ2v) is 3.44. The molecule has 1 heterocycles. The van der Waals surface area contributed by atoms with Gasteiger partial charge in [0.2, 0.25) is 0 Å². The SMILES string of the molecule is C=CCc1cccc2cc(C=O)c(=O)oc12. The van der Waals surface area contributed by atoms with E-state index in [1.54, 1.807) is 18.2 Å². The van der Waals surface area contributed by atoms with Crippen LogP contribution in [0, 0.1) is 0 Å². The van der Waals surface area contributed by atoms with E-state index in [9.17, 15) is 9.59 Å². The molecule has 0 bridgehead atoms. The molecule has 0 saturated carbocycles. The van der Waals surface area contributed by atoms with Gasteiger partial charge in [0.15, 0.2) is 6.29 Å². The van der Waals surface area contributed by atoms with E-state index < -0.39 is 5.63 Å². The van der Waals surface area contributed by atoms with Gasteiger partial charge in [-0.25, -0.2) is 4.79 Å². The van der Waals surface area contributed by atoms with Crippen molar-refractivity contribution in [1.29, 1.82) is 0 Å². The Morgan fingerprint density at radius 1 is 1.38 bits per heavy atom. The van der Waals surface area contributed by atoms with Crippen LogP contribution in [-0.4, -0.2) is 6.29 Å². The van der Waals surface area contributed by atoms with Crippen LogP contribution in [0.4, 0.5) is 0 Å². The van der Waals surface area contributed by atoms with Crippen LogP contribution >= 0.6 is 0 Å². The van der Waals surface area contributed by atoms with Crippen molar-refractivity contribution in [3.05, 3.63) is 58.5 Å². The van der Waals surface area contributed by atoms with Crippen LogP contribution in [-0.2, 0) is 6.42 Å². The Bertz CT molecular complexity index is 608. The van der Waals surface area contributed by atoms with Crippen LogP contribution in [0.2, 0.25) is 0 Å². The molecule has 2 aromatic rings. The summed E-state index contributed by atoms with van der Waals surface area (Å²) in [5.74, 6) is 0. The number of hydrogen-bond acceptors (Lipinski definition) is 3. The molecule has 2 rings (SSSR count). The van der Waals surface area contributed by atoms with Gasteiger partial charge in [-0.3, -0.25) is 4.79 Å². The number of carbonyl (C=O) groups excluding carboxylic acids is 1. The zero-order valence-electron chi connectivity index (χ0n) is 8.60. The fraction of sp³-hybridized carbons (Fsp3) is 0.0769. The highest BCUT2D eigenvalue weighted by atomic mass is 16.4. The standard InChI is InChI=1S/C13H10O3/c1-2-4-9-5-3-6-10-7-11(8-14)13(15)16-12(9)10/h2-3,5-8H,1,4H2. The molecule has 0 spiro atoms. The third-order valence-electron chi connectivity index (χ3n) is 2.36. The molecule has 0 saturated heterocycles. The Hall–Kier alpha value is -2.16. The number of rotatable bonds is 3. The number of hydrogen-bond donors (Lipinski definition) is 0. The highest BCUT2D eigenvalue weighted by molar-refractivity contribution is 5.85. The predicted octanol–water partition coefficient (Wildman–Crippen LogP) is 2.33. The molecule has 0 unspecified atom stereocenters. The van der Waals surface area contributed by atoms with Gasteiger partial charge in [0.1, 0.15) is 11.1 Å². The molecule has 3 nitrogen and oxygen atoms in total. The lowest BCUT2D eigenvalue weighted by Crippen LogP contribution is -2.06. The van der Waals surface area contributed by atoms with E-state index in [2.05, 4.69) is 6.58 Å².